The first kappa shape index (κ1) is 10.9. The van der Waals surface area contributed by atoms with Gasteiger partial charge in [-0.2, -0.15) is 0 Å². The Bertz CT molecular complexity index is 451. The SMILES string of the molecule is Cc1cccc(Cl)c1NCc1ccncn1. The Kier molecular flexibility index (Phi) is 3.37. The van der Waals surface area contributed by atoms with Crippen molar-refractivity contribution in [1.82, 2.24) is 9.97 Å². The summed E-state index contributed by atoms with van der Waals surface area (Å²) >= 11 is 6.10. The van der Waals surface area contributed by atoms with Crippen LogP contribution < -0.4 is 5.32 Å². The zero-order valence-electron chi connectivity index (χ0n) is 8.94. The van der Waals surface area contributed by atoms with Gasteiger partial charge in [0.15, 0.2) is 0 Å². The Morgan fingerprint density at radius 3 is 2.88 bits per heavy atom. The molecule has 0 atom stereocenters. The fourth-order valence-corrected chi connectivity index (χ4v) is 1.75. The molecule has 82 valence electrons. The molecule has 0 spiro atoms. The summed E-state index contributed by atoms with van der Waals surface area (Å²) in [5.74, 6) is 0. The van der Waals surface area contributed by atoms with Gasteiger partial charge in [-0.05, 0) is 24.6 Å². The van der Waals surface area contributed by atoms with Gasteiger partial charge in [0.2, 0.25) is 0 Å². The average Bonchev–Trinajstić information content (AvgIpc) is 2.30. The normalized spacial score (nSPS) is 10.1. The summed E-state index contributed by atoms with van der Waals surface area (Å²) in [5, 5.41) is 4.01. The van der Waals surface area contributed by atoms with Crippen molar-refractivity contribution in [3.63, 3.8) is 0 Å². The molecule has 2 rings (SSSR count). The van der Waals surface area contributed by atoms with Crippen LogP contribution in [0.3, 0.4) is 0 Å². The molecule has 2 aromatic rings. The Balaban J connectivity index is 2.11. The fraction of sp³-hybridized carbons (Fsp3) is 0.167. The molecule has 1 N–H and O–H groups in total. The number of nitrogens with zero attached hydrogens (tertiary/aromatic N) is 2. The minimum atomic E-state index is 0.646. The highest BCUT2D eigenvalue weighted by atomic mass is 35.5. The molecule has 0 saturated heterocycles. The Morgan fingerprint density at radius 2 is 2.19 bits per heavy atom. The van der Waals surface area contributed by atoms with E-state index in [0.29, 0.717) is 6.54 Å². The van der Waals surface area contributed by atoms with Crippen LogP contribution in [-0.2, 0) is 6.54 Å². The van der Waals surface area contributed by atoms with E-state index in [9.17, 15) is 0 Å². The van der Waals surface area contributed by atoms with Crippen LogP contribution in [0.25, 0.3) is 0 Å². The molecule has 1 aromatic heterocycles. The second-order valence-corrected chi connectivity index (χ2v) is 3.89. The van der Waals surface area contributed by atoms with E-state index >= 15 is 0 Å². The summed E-state index contributed by atoms with van der Waals surface area (Å²) in [4.78, 5) is 8.01. The number of anilines is 1. The minimum Gasteiger partial charge on any atom is -0.378 e. The van der Waals surface area contributed by atoms with Crippen LogP contribution in [0.15, 0.2) is 36.8 Å². The second-order valence-electron chi connectivity index (χ2n) is 3.49. The maximum absolute atomic E-state index is 6.10. The Morgan fingerprint density at radius 1 is 1.31 bits per heavy atom. The summed E-state index contributed by atoms with van der Waals surface area (Å²) in [7, 11) is 0. The van der Waals surface area contributed by atoms with Gasteiger partial charge in [0.05, 0.1) is 22.9 Å². The van der Waals surface area contributed by atoms with Crippen molar-refractivity contribution in [3.8, 4) is 0 Å². The van der Waals surface area contributed by atoms with E-state index in [0.717, 1.165) is 22.0 Å². The molecule has 0 unspecified atom stereocenters. The molecule has 16 heavy (non-hydrogen) atoms. The highest BCUT2D eigenvalue weighted by molar-refractivity contribution is 6.33. The highest BCUT2D eigenvalue weighted by Crippen LogP contribution is 2.25. The van der Waals surface area contributed by atoms with Crippen LogP contribution >= 0.6 is 11.6 Å². The van der Waals surface area contributed by atoms with Gasteiger partial charge in [-0.25, -0.2) is 9.97 Å². The first-order valence-corrected chi connectivity index (χ1v) is 5.39. The third kappa shape index (κ3) is 2.49. The third-order valence-corrected chi connectivity index (χ3v) is 2.63. The van der Waals surface area contributed by atoms with Crippen LogP contribution in [-0.4, -0.2) is 9.97 Å². The van der Waals surface area contributed by atoms with E-state index in [1.807, 2.05) is 31.2 Å². The van der Waals surface area contributed by atoms with Gasteiger partial charge < -0.3 is 5.32 Å². The second kappa shape index (κ2) is 4.94. The molecular weight excluding hydrogens is 222 g/mol. The lowest BCUT2D eigenvalue weighted by Crippen LogP contribution is -2.03. The number of halogens is 1. The largest absolute Gasteiger partial charge is 0.378 e. The molecule has 0 saturated carbocycles. The molecule has 0 bridgehead atoms. The number of nitrogens with one attached hydrogen (secondary N) is 1. The van der Waals surface area contributed by atoms with Crippen molar-refractivity contribution in [2.45, 2.75) is 13.5 Å². The maximum Gasteiger partial charge on any atom is 0.115 e. The Hall–Kier alpha value is -1.61. The van der Waals surface area contributed by atoms with Gasteiger partial charge in [0.1, 0.15) is 6.33 Å². The molecule has 3 nitrogen and oxygen atoms in total. The third-order valence-electron chi connectivity index (χ3n) is 2.31. The lowest BCUT2D eigenvalue weighted by Gasteiger charge is -2.10. The smallest absolute Gasteiger partial charge is 0.115 e. The number of hydrogen-bond donors (Lipinski definition) is 1. The summed E-state index contributed by atoms with van der Waals surface area (Å²) in [6, 6.07) is 7.71. The van der Waals surface area contributed by atoms with E-state index in [1.165, 1.54) is 6.33 Å². The van der Waals surface area contributed by atoms with Crippen molar-refractivity contribution in [3.05, 3.63) is 53.1 Å². The average molecular weight is 234 g/mol. The standard InChI is InChI=1S/C12H12ClN3/c1-9-3-2-4-11(13)12(9)15-7-10-5-6-14-8-16-10/h2-6,8,15H,7H2,1H3. The number of rotatable bonds is 3. The molecule has 0 radical (unpaired) electrons. The van der Waals surface area contributed by atoms with E-state index in [-0.39, 0.29) is 0 Å². The van der Waals surface area contributed by atoms with Crippen molar-refractivity contribution < 1.29 is 0 Å². The molecule has 0 aliphatic rings. The lowest BCUT2D eigenvalue weighted by molar-refractivity contribution is 1.00. The predicted octanol–water partition coefficient (Wildman–Crippen LogP) is 3.05. The van der Waals surface area contributed by atoms with Crippen LogP contribution in [0.5, 0.6) is 0 Å². The molecular formula is C12H12ClN3. The summed E-state index contributed by atoms with van der Waals surface area (Å²) in [6.45, 7) is 2.67. The van der Waals surface area contributed by atoms with Gasteiger partial charge in [-0.15, -0.1) is 0 Å². The summed E-state index contributed by atoms with van der Waals surface area (Å²) in [6.07, 6.45) is 3.26. The van der Waals surface area contributed by atoms with Crippen LogP contribution in [0, 0.1) is 6.92 Å². The highest BCUT2D eigenvalue weighted by Gasteiger charge is 2.02. The van der Waals surface area contributed by atoms with E-state index < -0.39 is 0 Å². The van der Waals surface area contributed by atoms with Gasteiger partial charge in [-0.1, -0.05) is 23.7 Å². The minimum absolute atomic E-state index is 0.646. The number of aryl methyl sites for hydroxylation is 1. The van der Waals surface area contributed by atoms with Crippen molar-refractivity contribution in [2.24, 2.45) is 0 Å². The molecule has 4 heteroatoms. The van der Waals surface area contributed by atoms with Gasteiger partial charge in [0.25, 0.3) is 0 Å². The van der Waals surface area contributed by atoms with Crippen LogP contribution in [0.1, 0.15) is 11.3 Å². The number of hydrogen-bond acceptors (Lipinski definition) is 3. The predicted molar refractivity (Wildman–Crippen MR) is 65.5 cm³/mol. The zero-order chi connectivity index (χ0) is 11.4. The van der Waals surface area contributed by atoms with Crippen molar-refractivity contribution in [2.75, 3.05) is 5.32 Å². The lowest BCUT2D eigenvalue weighted by atomic mass is 10.2. The number of para-hydroxylation sites is 1. The number of aromatic nitrogens is 2. The van der Waals surface area contributed by atoms with Crippen molar-refractivity contribution >= 4 is 17.3 Å². The number of benzene rings is 1. The van der Waals surface area contributed by atoms with Crippen LogP contribution in [0.4, 0.5) is 5.69 Å². The first-order chi connectivity index (χ1) is 7.77. The molecule has 0 fully saturated rings. The van der Waals surface area contributed by atoms with Crippen LogP contribution in [0.2, 0.25) is 5.02 Å². The zero-order valence-corrected chi connectivity index (χ0v) is 9.70. The Labute approximate surface area is 99.5 Å². The van der Waals surface area contributed by atoms with Gasteiger partial charge in [-0.3, -0.25) is 0 Å². The molecule has 0 aliphatic carbocycles. The van der Waals surface area contributed by atoms with E-state index in [4.69, 9.17) is 11.6 Å². The first-order valence-electron chi connectivity index (χ1n) is 5.01. The van der Waals surface area contributed by atoms with Crippen molar-refractivity contribution in [1.29, 1.82) is 0 Å². The summed E-state index contributed by atoms with van der Waals surface area (Å²) < 4.78 is 0. The molecule has 0 amide bonds. The molecule has 1 aromatic carbocycles. The summed E-state index contributed by atoms with van der Waals surface area (Å²) in [5.41, 5.74) is 3.03. The fourth-order valence-electron chi connectivity index (χ4n) is 1.46. The van der Waals surface area contributed by atoms with E-state index in [1.54, 1.807) is 6.20 Å². The maximum atomic E-state index is 6.10. The monoisotopic (exact) mass is 233 g/mol. The molecule has 0 aliphatic heterocycles. The van der Waals surface area contributed by atoms with Gasteiger partial charge in [0, 0.05) is 6.20 Å². The molecule has 1 heterocycles. The van der Waals surface area contributed by atoms with E-state index in [2.05, 4.69) is 15.3 Å². The van der Waals surface area contributed by atoms with Gasteiger partial charge >= 0.3 is 0 Å². The topological polar surface area (TPSA) is 37.8 Å². The quantitative estimate of drug-likeness (QED) is 0.886.